The summed E-state index contributed by atoms with van der Waals surface area (Å²) in [5.74, 6) is -0.268. The van der Waals surface area contributed by atoms with Gasteiger partial charge in [-0.05, 0) is 54.8 Å². The maximum absolute atomic E-state index is 11.8. The van der Waals surface area contributed by atoms with Crippen molar-refractivity contribution in [1.29, 1.82) is 0 Å². The number of unbranched alkanes of at least 4 members (excludes halogenated alkanes) is 1. The molecule has 0 bridgehead atoms. The Bertz CT molecular complexity index is 713. The van der Waals surface area contributed by atoms with Crippen molar-refractivity contribution in [3.05, 3.63) is 59.7 Å². The van der Waals surface area contributed by atoms with E-state index in [4.69, 9.17) is 9.16 Å². The van der Waals surface area contributed by atoms with Gasteiger partial charge in [0.15, 0.2) is 0 Å². The van der Waals surface area contributed by atoms with Gasteiger partial charge in [0.25, 0.3) is 0 Å². The summed E-state index contributed by atoms with van der Waals surface area (Å²) in [6.07, 6.45) is 10.4. The minimum atomic E-state index is -1.98. The Morgan fingerprint density at radius 1 is 1.00 bits per heavy atom. The van der Waals surface area contributed by atoms with Gasteiger partial charge in [-0.15, -0.1) is 0 Å². The highest BCUT2D eigenvalue weighted by molar-refractivity contribution is 6.77. The number of aryl methyl sites for hydroxylation is 1. The Kier molecular flexibility index (Phi) is 13.6. The van der Waals surface area contributed by atoms with E-state index in [9.17, 15) is 4.79 Å². The van der Waals surface area contributed by atoms with Gasteiger partial charge in [-0.1, -0.05) is 103 Å². The van der Waals surface area contributed by atoms with Gasteiger partial charge in [-0.2, -0.15) is 0 Å². The van der Waals surface area contributed by atoms with Crippen LogP contribution in [0.2, 0.25) is 16.6 Å². The smallest absolute Gasteiger partial charge is 0.330 e. The summed E-state index contributed by atoms with van der Waals surface area (Å²) in [4.78, 5) is 11.8. The third-order valence-electron chi connectivity index (χ3n) is 6.58. The van der Waals surface area contributed by atoms with Crippen LogP contribution in [0, 0.1) is 0 Å². The van der Waals surface area contributed by atoms with Gasteiger partial charge in [0, 0.05) is 12.2 Å². The number of esters is 1. The monoisotopic (exact) mass is 472 g/mol. The number of carbonyl (C=O) groups is 1. The molecule has 0 saturated heterocycles. The van der Waals surface area contributed by atoms with Crippen molar-refractivity contribution in [2.24, 2.45) is 0 Å². The lowest BCUT2D eigenvalue weighted by Crippen LogP contribution is -2.50. The molecule has 1 aromatic rings. The minimum absolute atomic E-state index is 0.172. The van der Waals surface area contributed by atoms with E-state index in [0.29, 0.717) is 23.2 Å². The molecule has 1 unspecified atom stereocenters. The first-order valence-corrected chi connectivity index (χ1v) is 15.0. The van der Waals surface area contributed by atoms with Crippen LogP contribution in [0.3, 0.4) is 0 Å². The summed E-state index contributed by atoms with van der Waals surface area (Å²) in [5.41, 5.74) is 4.24. The number of benzene rings is 1. The second kappa shape index (κ2) is 15.3. The number of ether oxygens (including phenoxy) is 1. The molecule has 3 nitrogen and oxygen atoms in total. The van der Waals surface area contributed by atoms with Crippen LogP contribution >= 0.6 is 0 Å². The quantitative estimate of drug-likeness (QED) is 0.0844. The van der Waals surface area contributed by atoms with Crippen LogP contribution in [0.5, 0.6) is 0 Å². The first-order chi connectivity index (χ1) is 15.6. The minimum Gasteiger partial charge on any atom is -0.463 e. The highest BCUT2D eigenvalue weighted by atomic mass is 28.4. The molecule has 0 amide bonds. The van der Waals surface area contributed by atoms with Gasteiger partial charge in [0.1, 0.15) is 0 Å². The van der Waals surface area contributed by atoms with Gasteiger partial charge in [0.2, 0.25) is 8.32 Å². The Labute approximate surface area is 204 Å². The topological polar surface area (TPSA) is 35.5 Å². The molecule has 0 radical (unpaired) electrons. The van der Waals surface area contributed by atoms with E-state index in [1.165, 1.54) is 17.2 Å². The van der Waals surface area contributed by atoms with E-state index in [2.05, 4.69) is 85.7 Å². The van der Waals surface area contributed by atoms with Crippen molar-refractivity contribution >= 4 is 14.3 Å². The molecule has 0 aliphatic rings. The highest BCUT2D eigenvalue weighted by Gasteiger charge is 2.46. The predicted octanol–water partition coefficient (Wildman–Crippen LogP) is 8.42. The van der Waals surface area contributed by atoms with Crippen molar-refractivity contribution in [2.75, 3.05) is 6.61 Å². The van der Waals surface area contributed by atoms with Crippen LogP contribution in [0.4, 0.5) is 0 Å². The normalized spacial score (nSPS) is 14.0. The lowest BCUT2D eigenvalue weighted by molar-refractivity contribution is -0.137. The first kappa shape index (κ1) is 29.4. The molecule has 1 atom stereocenters. The van der Waals surface area contributed by atoms with Gasteiger partial charge in [-0.25, -0.2) is 4.79 Å². The lowest BCUT2D eigenvalue weighted by atomic mass is 10.0. The zero-order valence-corrected chi connectivity index (χ0v) is 23.4. The molecular weight excluding hydrogens is 424 g/mol. The number of carbonyl (C=O) groups excluding carboxylic acids is 1. The zero-order chi connectivity index (χ0) is 24.9. The van der Waals surface area contributed by atoms with E-state index < -0.39 is 8.32 Å². The van der Waals surface area contributed by atoms with Crippen molar-refractivity contribution < 1.29 is 14.0 Å². The summed E-state index contributed by atoms with van der Waals surface area (Å²) in [6.45, 7) is 18.8. The number of rotatable bonds is 15. The Hall–Kier alpha value is -1.65. The fraction of sp³-hybridized carbons (Fsp3) is 0.621. The van der Waals surface area contributed by atoms with Gasteiger partial charge in [0.05, 0.1) is 6.61 Å². The van der Waals surface area contributed by atoms with Crippen molar-refractivity contribution in [2.45, 2.75) is 110 Å². The molecule has 186 valence electrons. The standard InChI is InChI=1S/C29H48O3Si/c1-9-10-21-31-29(30)18-14-15-26(8)22-28(20-19-27-16-12-11-13-17-27)32-33(23(2)3,24(4)5)25(6)7/h11-18,23-25,28H,9-10,19-22H2,1-8H3/b18-14+,26-15+. The average molecular weight is 473 g/mol. The highest BCUT2D eigenvalue weighted by Crippen LogP contribution is 2.44. The van der Waals surface area contributed by atoms with Gasteiger partial charge in [-0.3, -0.25) is 0 Å². The molecule has 1 aromatic carbocycles. The van der Waals surface area contributed by atoms with Crippen LogP contribution in [0.15, 0.2) is 54.1 Å². The van der Waals surface area contributed by atoms with Crippen LogP contribution < -0.4 is 0 Å². The van der Waals surface area contributed by atoms with E-state index in [0.717, 1.165) is 32.1 Å². The largest absolute Gasteiger partial charge is 0.463 e. The van der Waals surface area contributed by atoms with Crippen LogP contribution in [0.1, 0.15) is 86.6 Å². The van der Waals surface area contributed by atoms with Crippen molar-refractivity contribution in [3.63, 3.8) is 0 Å². The average Bonchev–Trinajstić information content (AvgIpc) is 2.75. The SMILES string of the molecule is CCCCOC(=O)/C=C/C=C(\C)CC(CCc1ccccc1)O[Si](C(C)C)(C(C)C)C(C)C. The van der Waals surface area contributed by atoms with Gasteiger partial charge >= 0.3 is 5.97 Å². The summed E-state index contributed by atoms with van der Waals surface area (Å²) < 4.78 is 12.4. The molecule has 4 heteroatoms. The fourth-order valence-corrected chi connectivity index (χ4v) is 10.6. The number of hydrogen-bond donors (Lipinski definition) is 0. The molecule has 0 heterocycles. The zero-order valence-electron chi connectivity index (χ0n) is 22.4. The van der Waals surface area contributed by atoms with Crippen molar-refractivity contribution in [3.8, 4) is 0 Å². The summed E-state index contributed by atoms with van der Waals surface area (Å²) >= 11 is 0. The molecule has 0 saturated carbocycles. The van der Waals surface area contributed by atoms with E-state index in [1.807, 2.05) is 12.2 Å². The maximum atomic E-state index is 11.8. The molecule has 33 heavy (non-hydrogen) atoms. The number of hydrogen-bond acceptors (Lipinski definition) is 3. The first-order valence-electron chi connectivity index (χ1n) is 12.9. The van der Waals surface area contributed by atoms with Crippen LogP contribution in [0.25, 0.3) is 0 Å². The van der Waals surface area contributed by atoms with Crippen molar-refractivity contribution in [1.82, 2.24) is 0 Å². The maximum Gasteiger partial charge on any atom is 0.330 e. The summed E-state index contributed by atoms with van der Waals surface area (Å²) in [7, 11) is -1.98. The van der Waals surface area contributed by atoms with Gasteiger partial charge < -0.3 is 9.16 Å². The summed E-state index contributed by atoms with van der Waals surface area (Å²) in [6, 6.07) is 10.7. The summed E-state index contributed by atoms with van der Waals surface area (Å²) in [5, 5.41) is 0. The second-order valence-corrected chi connectivity index (χ2v) is 15.6. The Morgan fingerprint density at radius 3 is 2.15 bits per heavy atom. The van der Waals surface area contributed by atoms with Crippen LogP contribution in [-0.2, 0) is 20.4 Å². The van der Waals surface area contributed by atoms with Crippen LogP contribution in [-0.4, -0.2) is 27.0 Å². The molecule has 1 rings (SSSR count). The molecule has 0 aliphatic heterocycles. The molecule has 0 aromatic heterocycles. The Balaban J connectivity index is 2.98. The predicted molar refractivity (Wildman–Crippen MR) is 144 cm³/mol. The third kappa shape index (κ3) is 10.0. The van der Waals surface area contributed by atoms with E-state index in [-0.39, 0.29) is 12.1 Å². The second-order valence-electron chi connectivity index (χ2n) is 10.2. The van der Waals surface area contributed by atoms with E-state index in [1.54, 1.807) is 0 Å². The lowest BCUT2D eigenvalue weighted by Gasteiger charge is -2.45. The Morgan fingerprint density at radius 2 is 1.61 bits per heavy atom. The third-order valence-corrected chi connectivity index (χ3v) is 12.7. The molecular formula is C29H48O3Si. The molecule has 0 spiro atoms. The molecule has 0 aliphatic carbocycles. The fourth-order valence-electron chi connectivity index (χ4n) is 4.96. The molecule has 0 N–H and O–H groups in total. The van der Waals surface area contributed by atoms with E-state index >= 15 is 0 Å². The number of allylic oxidation sites excluding steroid dienone is 2. The molecule has 0 fully saturated rings.